The Hall–Kier alpha value is -0.770. The lowest BCUT2D eigenvalue weighted by molar-refractivity contribution is -0.254. The first kappa shape index (κ1) is 18.6. The van der Waals surface area contributed by atoms with Crippen LogP contribution in [-0.2, 0) is 0 Å². The highest BCUT2D eigenvalue weighted by Gasteiger charge is 2.67. The molecule has 0 unspecified atom stereocenters. The van der Waals surface area contributed by atoms with E-state index in [4.69, 9.17) is 5.53 Å². The fraction of sp³-hybridized carbons (Fsp3) is 1.00. The van der Waals surface area contributed by atoms with Gasteiger partial charge in [0.2, 0.25) is 0 Å². The molecule has 9 atom stereocenters. The molecule has 0 bridgehead atoms. The Morgan fingerprint density at radius 2 is 1.88 bits per heavy atom. The molecule has 4 aliphatic carbocycles. The highest BCUT2D eigenvalue weighted by molar-refractivity contribution is 5.17. The van der Waals surface area contributed by atoms with Crippen LogP contribution in [0.4, 0.5) is 0 Å². The van der Waals surface area contributed by atoms with Crippen LogP contribution in [0.25, 0.3) is 10.4 Å². The van der Waals surface area contributed by atoms with Gasteiger partial charge >= 0.3 is 0 Å². The average Bonchev–Trinajstić information content (AvgIpc) is 2.94. The minimum absolute atomic E-state index is 0.186. The van der Waals surface area contributed by atoms with Crippen molar-refractivity contribution < 1.29 is 10.2 Å². The zero-order valence-electron chi connectivity index (χ0n) is 16.6. The molecule has 4 aliphatic rings. The van der Waals surface area contributed by atoms with Crippen molar-refractivity contribution in [2.45, 2.75) is 96.3 Å². The fourth-order valence-electron chi connectivity index (χ4n) is 8.21. The van der Waals surface area contributed by atoms with E-state index in [9.17, 15) is 10.2 Å². The minimum Gasteiger partial charge on any atom is -0.390 e. The van der Waals surface area contributed by atoms with Crippen molar-refractivity contribution in [1.82, 2.24) is 0 Å². The fourth-order valence-corrected chi connectivity index (χ4v) is 8.21. The average molecular weight is 362 g/mol. The van der Waals surface area contributed by atoms with Crippen molar-refractivity contribution in [2.24, 2.45) is 39.6 Å². The molecule has 2 N–H and O–H groups in total. The van der Waals surface area contributed by atoms with Gasteiger partial charge in [-0.15, -0.1) is 0 Å². The molecular weight excluding hydrogens is 326 g/mol. The van der Waals surface area contributed by atoms with Gasteiger partial charge in [0.05, 0.1) is 11.7 Å². The van der Waals surface area contributed by atoms with Crippen LogP contribution in [-0.4, -0.2) is 28.0 Å². The Morgan fingerprint density at radius 1 is 1.12 bits per heavy atom. The number of rotatable bonds is 2. The quantitative estimate of drug-likeness (QED) is 0.419. The van der Waals surface area contributed by atoms with E-state index < -0.39 is 11.7 Å². The second kappa shape index (κ2) is 6.12. The van der Waals surface area contributed by atoms with Crippen molar-refractivity contribution in [2.75, 3.05) is 0 Å². The van der Waals surface area contributed by atoms with E-state index in [1.807, 2.05) is 0 Å². The topological polar surface area (TPSA) is 89.2 Å². The molecular formula is C21H35N3O2. The van der Waals surface area contributed by atoms with Crippen molar-refractivity contribution in [3.63, 3.8) is 0 Å². The summed E-state index contributed by atoms with van der Waals surface area (Å²) >= 11 is 0. The second-order valence-electron chi connectivity index (χ2n) is 10.3. The molecule has 26 heavy (non-hydrogen) atoms. The van der Waals surface area contributed by atoms with Crippen molar-refractivity contribution in [3.8, 4) is 0 Å². The number of hydrogen-bond acceptors (Lipinski definition) is 3. The molecule has 0 aliphatic heterocycles. The summed E-state index contributed by atoms with van der Waals surface area (Å²) in [5.74, 6) is 2.52. The molecule has 5 heteroatoms. The third-order valence-electron chi connectivity index (χ3n) is 9.74. The van der Waals surface area contributed by atoms with Gasteiger partial charge in [0.1, 0.15) is 0 Å². The molecule has 4 saturated carbocycles. The van der Waals surface area contributed by atoms with Gasteiger partial charge in [-0.3, -0.25) is 0 Å². The lowest BCUT2D eigenvalue weighted by Crippen LogP contribution is -2.68. The largest absolute Gasteiger partial charge is 0.390 e. The van der Waals surface area contributed by atoms with E-state index in [1.54, 1.807) is 0 Å². The van der Waals surface area contributed by atoms with Crippen molar-refractivity contribution in [1.29, 1.82) is 0 Å². The number of hydrogen-bond donors (Lipinski definition) is 2. The van der Waals surface area contributed by atoms with Gasteiger partial charge in [-0.25, -0.2) is 0 Å². The summed E-state index contributed by atoms with van der Waals surface area (Å²) in [5.41, 5.74) is 7.86. The molecule has 146 valence electrons. The van der Waals surface area contributed by atoms with Crippen LogP contribution >= 0.6 is 0 Å². The molecule has 0 spiro atoms. The van der Waals surface area contributed by atoms with Gasteiger partial charge in [-0.2, -0.15) is 0 Å². The summed E-state index contributed by atoms with van der Waals surface area (Å²) in [5, 5.41) is 26.6. The van der Waals surface area contributed by atoms with Gasteiger partial charge in [-0.05, 0) is 86.0 Å². The normalized spacial score (nSPS) is 56.0. The SMILES string of the molecule is CC[C@H]1CC[C@H]2[C@@H]3C[C@@H](O)[C@@]4(O)C[C@H](N=[N+]=[N-])CC[C@]4(C)[C@H]3CC[C@]12C. The lowest BCUT2D eigenvalue weighted by Gasteiger charge is -2.65. The zero-order valence-corrected chi connectivity index (χ0v) is 16.6. The first-order valence-corrected chi connectivity index (χ1v) is 10.7. The van der Waals surface area contributed by atoms with Gasteiger partial charge in [0, 0.05) is 16.4 Å². The number of aliphatic hydroxyl groups is 2. The molecule has 5 nitrogen and oxygen atoms in total. The lowest BCUT2D eigenvalue weighted by atomic mass is 9.42. The van der Waals surface area contributed by atoms with Crippen LogP contribution in [0.15, 0.2) is 5.11 Å². The summed E-state index contributed by atoms with van der Waals surface area (Å²) in [7, 11) is 0. The maximum atomic E-state index is 11.6. The van der Waals surface area contributed by atoms with Crippen molar-refractivity contribution >= 4 is 0 Å². The van der Waals surface area contributed by atoms with Gasteiger partial charge in [0.25, 0.3) is 0 Å². The smallest absolute Gasteiger partial charge is 0.0965 e. The molecule has 0 aromatic rings. The first-order valence-electron chi connectivity index (χ1n) is 10.7. The minimum atomic E-state index is -1.11. The molecule has 4 fully saturated rings. The first-order chi connectivity index (χ1) is 12.3. The summed E-state index contributed by atoms with van der Waals surface area (Å²) < 4.78 is 0. The molecule has 0 radical (unpaired) electrons. The maximum absolute atomic E-state index is 11.6. The van der Waals surface area contributed by atoms with E-state index in [1.165, 1.54) is 32.1 Å². The van der Waals surface area contributed by atoms with Crippen molar-refractivity contribution in [3.05, 3.63) is 10.4 Å². The third kappa shape index (κ3) is 2.26. The maximum Gasteiger partial charge on any atom is 0.0965 e. The highest BCUT2D eigenvalue weighted by atomic mass is 16.3. The Kier molecular flexibility index (Phi) is 4.37. The number of nitrogens with zero attached hydrogens (tertiary/aromatic N) is 3. The van der Waals surface area contributed by atoms with Gasteiger partial charge in [-0.1, -0.05) is 32.3 Å². The van der Waals surface area contributed by atoms with Crippen LogP contribution in [0.1, 0.15) is 78.6 Å². The van der Waals surface area contributed by atoms with E-state index in [0.29, 0.717) is 29.6 Å². The number of fused-ring (bicyclic) bond motifs is 5. The van der Waals surface area contributed by atoms with Crippen LogP contribution in [0.2, 0.25) is 0 Å². The molecule has 0 aromatic heterocycles. The van der Waals surface area contributed by atoms with Gasteiger partial charge in [0.15, 0.2) is 0 Å². The standard InChI is InChI=1S/C21H35N3O2/c1-4-13-5-6-16-15-11-18(25)21(26)12-14(23-24-22)7-10-20(21,3)17(15)8-9-19(13,16)2/h13-18,25-26H,4-12H2,1-3H3/t13-,14+,15-,16-,17-,18+,19+,20+,21-/m0/s1. The molecule has 0 saturated heterocycles. The predicted octanol–water partition coefficient (Wildman–Crippen LogP) is 4.82. The van der Waals surface area contributed by atoms with E-state index in [0.717, 1.165) is 25.2 Å². The van der Waals surface area contributed by atoms with Crippen LogP contribution < -0.4 is 0 Å². The zero-order chi connectivity index (χ0) is 18.7. The molecule has 0 amide bonds. The van der Waals surface area contributed by atoms with Crippen LogP contribution in [0.3, 0.4) is 0 Å². The summed E-state index contributed by atoms with van der Waals surface area (Å²) in [6, 6.07) is -0.186. The van der Waals surface area contributed by atoms with E-state index in [-0.39, 0.29) is 11.5 Å². The summed E-state index contributed by atoms with van der Waals surface area (Å²) in [6.45, 7) is 7.05. The highest BCUT2D eigenvalue weighted by Crippen LogP contribution is 2.68. The summed E-state index contributed by atoms with van der Waals surface area (Å²) in [4.78, 5) is 2.96. The van der Waals surface area contributed by atoms with Gasteiger partial charge < -0.3 is 10.2 Å². The Bertz CT molecular complexity index is 620. The van der Waals surface area contributed by atoms with Crippen LogP contribution in [0.5, 0.6) is 0 Å². The predicted molar refractivity (Wildman–Crippen MR) is 101 cm³/mol. The van der Waals surface area contributed by atoms with Crippen LogP contribution in [0, 0.1) is 34.5 Å². The number of aliphatic hydroxyl groups excluding tert-OH is 1. The Balaban J connectivity index is 1.67. The Morgan fingerprint density at radius 3 is 2.58 bits per heavy atom. The van der Waals surface area contributed by atoms with E-state index >= 15 is 0 Å². The molecule has 0 heterocycles. The van der Waals surface area contributed by atoms with E-state index in [2.05, 4.69) is 30.8 Å². The third-order valence-corrected chi connectivity index (χ3v) is 9.74. The summed E-state index contributed by atoms with van der Waals surface area (Å²) in [6.07, 6.45) is 8.44. The monoisotopic (exact) mass is 361 g/mol. The number of azide groups is 1. The second-order valence-corrected chi connectivity index (χ2v) is 10.3. The molecule has 0 aromatic carbocycles. The molecule has 4 rings (SSSR count). The Labute approximate surface area is 157 Å².